The van der Waals surface area contributed by atoms with Crippen molar-refractivity contribution in [2.24, 2.45) is 5.41 Å². The van der Waals surface area contributed by atoms with Gasteiger partial charge in [-0.1, -0.05) is 30.7 Å². The molecule has 0 bridgehead atoms. The number of benzene rings is 2. The highest BCUT2D eigenvalue weighted by Crippen LogP contribution is 2.50. The standard InChI is InChI=1S/C35H37N5O2/c1-23-31(37-24(2)33(23)32(41)19-35(13-14-35)22-39-15-7-4-8-16-39)18-29-28-17-25(11-12-30(28)38-34(29)42)26-20-36-40(21-26)27-9-5-3-6-10-27/h3,5-6,9-12,17-18,20-21,37H,4,7-8,13-16,19,22H2,1-2H3,(H,38,42)/b29-18-. The number of nitrogens with one attached hydrogen (secondary N) is 2. The number of H-pyrrole nitrogens is 1. The van der Waals surface area contributed by atoms with E-state index in [1.54, 1.807) is 0 Å². The number of amides is 1. The number of Topliss-reactive ketones (excluding diaryl/α,β-unsaturated/α-hetero) is 1. The molecule has 2 aromatic heterocycles. The van der Waals surface area contributed by atoms with E-state index in [4.69, 9.17) is 0 Å². The summed E-state index contributed by atoms with van der Waals surface area (Å²) in [5.74, 6) is 0.0783. The zero-order valence-corrected chi connectivity index (χ0v) is 24.4. The first kappa shape index (κ1) is 26.7. The van der Waals surface area contributed by atoms with Crippen LogP contribution in [-0.2, 0) is 4.79 Å². The Morgan fingerprint density at radius 1 is 1.02 bits per heavy atom. The van der Waals surface area contributed by atoms with Gasteiger partial charge in [-0.2, -0.15) is 5.10 Å². The second-order valence-corrected chi connectivity index (χ2v) is 12.4. The molecule has 1 saturated heterocycles. The van der Waals surface area contributed by atoms with E-state index in [2.05, 4.69) is 20.3 Å². The van der Waals surface area contributed by atoms with Gasteiger partial charge in [-0.3, -0.25) is 9.59 Å². The number of likely N-dealkylation sites (tertiary alicyclic amines) is 1. The highest BCUT2D eigenvalue weighted by Gasteiger charge is 2.46. The molecular formula is C35H37N5O2. The molecule has 2 aromatic carbocycles. The van der Waals surface area contributed by atoms with Gasteiger partial charge in [0.1, 0.15) is 0 Å². The second kappa shape index (κ2) is 10.6. The van der Waals surface area contributed by atoms with Gasteiger partial charge in [-0.25, -0.2) is 4.68 Å². The van der Waals surface area contributed by atoms with E-state index >= 15 is 0 Å². The molecule has 2 aliphatic heterocycles. The molecule has 0 atom stereocenters. The number of hydrogen-bond acceptors (Lipinski definition) is 4. The quantitative estimate of drug-likeness (QED) is 0.183. The molecule has 42 heavy (non-hydrogen) atoms. The van der Waals surface area contributed by atoms with E-state index in [0.29, 0.717) is 12.0 Å². The van der Waals surface area contributed by atoms with Crippen LogP contribution in [0.4, 0.5) is 5.69 Å². The van der Waals surface area contributed by atoms with Gasteiger partial charge in [0, 0.05) is 52.9 Å². The molecule has 2 N–H and O–H groups in total. The number of aromatic amines is 1. The van der Waals surface area contributed by atoms with Gasteiger partial charge in [0.2, 0.25) is 0 Å². The van der Waals surface area contributed by atoms with Crippen molar-refractivity contribution in [3.8, 4) is 16.8 Å². The van der Waals surface area contributed by atoms with E-state index in [1.807, 2.05) is 85.5 Å². The van der Waals surface area contributed by atoms with Crippen LogP contribution in [0.1, 0.15) is 71.4 Å². The summed E-state index contributed by atoms with van der Waals surface area (Å²) in [6.45, 7) is 7.34. The first-order chi connectivity index (χ1) is 20.4. The number of anilines is 1. The van der Waals surface area contributed by atoms with Crippen molar-refractivity contribution in [2.75, 3.05) is 25.0 Å². The predicted molar refractivity (Wildman–Crippen MR) is 167 cm³/mol. The maximum absolute atomic E-state index is 13.7. The number of carbonyl (C=O) groups is 2. The van der Waals surface area contributed by atoms with Gasteiger partial charge in [-0.15, -0.1) is 0 Å². The summed E-state index contributed by atoms with van der Waals surface area (Å²) >= 11 is 0. The molecule has 4 heterocycles. The summed E-state index contributed by atoms with van der Waals surface area (Å²) in [4.78, 5) is 32.8. The van der Waals surface area contributed by atoms with Crippen molar-refractivity contribution in [1.82, 2.24) is 19.7 Å². The normalized spacial score (nSPS) is 18.7. The molecule has 4 aromatic rings. The van der Waals surface area contributed by atoms with E-state index < -0.39 is 0 Å². The number of carbonyl (C=O) groups excluding carboxylic acids is 2. The Morgan fingerprint density at radius 3 is 2.57 bits per heavy atom. The third-order valence-electron chi connectivity index (χ3n) is 9.28. The molecule has 7 rings (SSSR count). The first-order valence-electron chi connectivity index (χ1n) is 15.1. The average molecular weight is 560 g/mol. The van der Waals surface area contributed by atoms with Crippen LogP contribution in [0, 0.1) is 19.3 Å². The molecule has 1 saturated carbocycles. The van der Waals surface area contributed by atoms with Crippen LogP contribution in [0.5, 0.6) is 0 Å². The zero-order valence-electron chi connectivity index (χ0n) is 24.4. The minimum absolute atomic E-state index is 0.137. The smallest absolute Gasteiger partial charge is 0.256 e. The highest BCUT2D eigenvalue weighted by molar-refractivity contribution is 6.35. The zero-order chi connectivity index (χ0) is 28.8. The Labute approximate surface area is 246 Å². The van der Waals surface area contributed by atoms with Gasteiger partial charge in [0.25, 0.3) is 5.91 Å². The summed E-state index contributed by atoms with van der Waals surface area (Å²) in [6.07, 6.45) is 12.5. The number of para-hydroxylation sites is 1. The second-order valence-electron chi connectivity index (χ2n) is 12.4. The number of nitrogens with zero attached hydrogens (tertiary/aromatic N) is 3. The lowest BCUT2D eigenvalue weighted by Crippen LogP contribution is -2.35. The minimum atomic E-state index is -0.139. The van der Waals surface area contributed by atoms with Crippen molar-refractivity contribution < 1.29 is 9.59 Å². The molecule has 2 fully saturated rings. The Morgan fingerprint density at radius 2 is 1.81 bits per heavy atom. The van der Waals surface area contributed by atoms with E-state index in [0.717, 1.165) is 83.1 Å². The molecule has 0 radical (unpaired) electrons. The first-order valence-corrected chi connectivity index (χ1v) is 15.1. The fourth-order valence-corrected chi connectivity index (χ4v) is 6.77. The van der Waals surface area contributed by atoms with Gasteiger partial charge < -0.3 is 15.2 Å². The minimum Gasteiger partial charge on any atom is -0.358 e. The Hall–Kier alpha value is -4.23. The molecule has 3 aliphatic rings. The van der Waals surface area contributed by atoms with Gasteiger partial charge in [0.05, 0.1) is 17.5 Å². The van der Waals surface area contributed by atoms with Gasteiger partial charge in [-0.05, 0) is 99.5 Å². The van der Waals surface area contributed by atoms with Gasteiger partial charge >= 0.3 is 0 Å². The fourth-order valence-electron chi connectivity index (χ4n) is 6.77. The number of hydrogen-bond donors (Lipinski definition) is 2. The lowest BCUT2D eigenvalue weighted by atomic mass is 9.92. The third kappa shape index (κ3) is 5.02. The van der Waals surface area contributed by atoms with Crippen molar-refractivity contribution in [3.63, 3.8) is 0 Å². The number of rotatable bonds is 8. The molecule has 214 valence electrons. The monoisotopic (exact) mass is 559 g/mol. The topological polar surface area (TPSA) is 83.0 Å². The Kier molecular flexibility index (Phi) is 6.70. The number of aromatic nitrogens is 3. The number of fused-ring (bicyclic) bond motifs is 1. The van der Waals surface area contributed by atoms with Crippen LogP contribution in [0.25, 0.3) is 28.5 Å². The van der Waals surface area contributed by atoms with E-state index in [9.17, 15) is 9.59 Å². The van der Waals surface area contributed by atoms with Crippen LogP contribution < -0.4 is 5.32 Å². The highest BCUT2D eigenvalue weighted by atomic mass is 16.2. The largest absolute Gasteiger partial charge is 0.358 e. The lowest BCUT2D eigenvalue weighted by molar-refractivity contribution is -0.110. The van der Waals surface area contributed by atoms with E-state index in [-0.39, 0.29) is 17.1 Å². The van der Waals surface area contributed by atoms with Crippen LogP contribution in [-0.4, -0.2) is 51.0 Å². The molecule has 0 spiro atoms. The number of ketones is 1. The summed E-state index contributed by atoms with van der Waals surface area (Å²) in [7, 11) is 0. The maximum Gasteiger partial charge on any atom is 0.256 e. The molecule has 7 heteroatoms. The van der Waals surface area contributed by atoms with Crippen molar-refractivity contribution in [1.29, 1.82) is 0 Å². The number of piperidine rings is 1. The summed E-state index contributed by atoms with van der Waals surface area (Å²) in [6, 6.07) is 16.0. The SMILES string of the molecule is Cc1[nH]c(/C=C2\C(=O)Nc3ccc(-c4cnn(-c5ccccc5)c4)cc32)c(C)c1C(=O)CC1(CN2CCCCC2)CC1. The van der Waals surface area contributed by atoms with Crippen molar-refractivity contribution in [3.05, 3.63) is 89.0 Å². The molecule has 1 aliphatic carbocycles. The maximum atomic E-state index is 13.7. The Bertz CT molecular complexity index is 1700. The lowest BCUT2D eigenvalue weighted by Gasteiger charge is -2.30. The van der Waals surface area contributed by atoms with Crippen LogP contribution >= 0.6 is 0 Å². The average Bonchev–Trinajstić information content (AvgIpc) is 3.30. The summed E-state index contributed by atoms with van der Waals surface area (Å²) < 4.78 is 1.85. The van der Waals surface area contributed by atoms with Crippen LogP contribution in [0.15, 0.2) is 60.9 Å². The molecule has 7 nitrogen and oxygen atoms in total. The fraction of sp³-hybridized carbons (Fsp3) is 0.343. The third-order valence-corrected chi connectivity index (χ3v) is 9.28. The summed E-state index contributed by atoms with van der Waals surface area (Å²) in [5, 5.41) is 7.55. The van der Waals surface area contributed by atoms with Crippen LogP contribution in [0.3, 0.4) is 0 Å². The predicted octanol–water partition coefficient (Wildman–Crippen LogP) is 6.82. The van der Waals surface area contributed by atoms with Crippen molar-refractivity contribution >= 4 is 29.0 Å². The molecule has 1 amide bonds. The molecule has 0 unspecified atom stereocenters. The summed E-state index contributed by atoms with van der Waals surface area (Å²) in [5.41, 5.74) is 8.70. The number of aryl methyl sites for hydroxylation is 1. The van der Waals surface area contributed by atoms with Crippen molar-refractivity contribution in [2.45, 2.75) is 52.4 Å². The molecular weight excluding hydrogens is 522 g/mol. The Balaban J connectivity index is 1.14. The van der Waals surface area contributed by atoms with Gasteiger partial charge in [0.15, 0.2) is 5.78 Å². The van der Waals surface area contributed by atoms with E-state index in [1.165, 1.54) is 19.3 Å². The van der Waals surface area contributed by atoms with Crippen LogP contribution in [0.2, 0.25) is 0 Å².